The van der Waals surface area contributed by atoms with Crippen LogP contribution in [0.1, 0.15) is 27.7 Å². The molecule has 11 heavy (non-hydrogen) atoms. The van der Waals surface area contributed by atoms with Gasteiger partial charge in [-0.1, -0.05) is 46.0 Å². The summed E-state index contributed by atoms with van der Waals surface area (Å²) in [6.07, 6.45) is 0. The zero-order valence-electron chi connectivity index (χ0n) is 8.22. The molecule has 0 aliphatic heterocycles. The van der Waals surface area contributed by atoms with Crippen LogP contribution in [0.15, 0.2) is 16.5 Å². The largest absolute Gasteiger partial charge is 0.289 e. The van der Waals surface area contributed by atoms with Gasteiger partial charge in [0.2, 0.25) is 0 Å². The van der Waals surface area contributed by atoms with E-state index in [1.807, 2.05) is 19.4 Å². The number of allylic oxidation sites excluding steroid dienone is 1. The van der Waals surface area contributed by atoms with Crippen molar-refractivity contribution in [2.45, 2.75) is 27.7 Å². The topological polar surface area (TPSA) is 12.4 Å². The van der Waals surface area contributed by atoms with Crippen LogP contribution >= 0.6 is 11.8 Å². The molecule has 0 fully saturated rings. The summed E-state index contributed by atoms with van der Waals surface area (Å²) in [6, 6.07) is 0. The van der Waals surface area contributed by atoms with E-state index in [1.165, 1.54) is 4.91 Å². The summed E-state index contributed by atoms with van der Waals surface area (Å²) in [5.74, 6) is 0.549. The number of nitrogens with zero attached hydrogens (tertiary/aromatic N) is 1. The van der Waals surface area contributed by atoms with Crippen LogP contribution in [0, 0.1) is 5.92 Å². The minimum absolute atomic E-state index is 0.549. The quantitative estimate of drug-likeness (QED) is 0.469. The molecule has 0 bridgehead atoms. The molecular weight excluding hydrogens is 154 g/mol. The van der Waals surface area contributed by atoms with Crippen molar-refractivity contribution in [2.75, 3.05) is 7.05 Å². The highest BCUT2D eigenvalue weighted by Gasteiger charge is 1.96. The Hall–Kier alpha value is -0.240. The highest BCUT2D eigenvalue weighted by Crippen LogP contribution is 2.18. The van der Waals surface area contributed by atoms with Gasteiger partial charge in [0.05, 0.1) is 5.55 Å². The average molecular weight is 173 g/mol. The normalized spacial score (nSPS) is 9.64. The molecule has 0 aliphatic rings. The predicted molar refractivity (Wildman–Crippen MR) is 57.3 cm³/mol. The Morgan fingerprint density at radius 1 is 1.45 bits per heavy atom. The molecule has 0 saturated heterocycles. The summed E-state index contributed by atoms with van der Waals surface area (Å²) in [7, 11) is 1.76. The zero-order chi connectivity index (χ0) is 9.28. The molecule has 0 rings (SSSR count). The van der Waals surface area contributed by atoms with Crippen molar-refractivity contribution in [3.63, 3.8) is 0 Å². The van der Waals surface area contributed by atoms with Crippen molar-refractivity contribution in [1.82, 2.24) is 0 Å². The van der Waals surface area contributed by atoms with Crippen LogP contribution in [0.25, 0.3) is 0 Å². The Kier molecular flexibility index (Phi) is 11.9. The van der Waals surface area contributed by atoms with Crippen LogP contribution < -0.4 is 0 Å². The summed E-state index contributed by atoms with van der Waals surface area (Å²) in [5.41, 5.74) is 1.81. The smallest absolute Gasteiger partial charge is 0.0582 e. The molecule has 0 amide bonds. The van der Waals surface area contributed by atoms with E-state index in [-0.39, 0.29) is 0 Å². The number of rotatable bonds is 3. The Balaban J connectivity index is 0. The Morgan fingerprint density at radius 2 is 1.91 bits per heavy atom. The van der Waals surface area contributed by atoms with Gasteiger partial charge in [-0.25, -0.2) is 0 Å². The summed E-state index contributed by atoms with van der Waals surface area (Å²) >= 11 is 1.60. The summed E-state index contributed by atoms with van der Waals surface area (Å²) in [6.45, 7) is 12.1. The van der Waals surface area contributed by atoms with Crippen molar-refractivity contribution >= 4 is 17.3 Å². The summed E-state index contributed by atoms with van der Waals surface area (Å²) in [5, 5.41) is 0. The molecule has 0 unspecified atom stereocenters. The monoisotopic (exact) mass is 173 g/mol. The van der Waals surface area contributed by atoms with Crippen molar-refractivity contribution in [3.8, 4) is 0 Å². The van der Waals surface area contributed by atoms with Crippen LogP contribution in [-0.4, -0.2) is 12.6 Å². The highest BCUT2D eigenvalue weighted by molar-refractivity contribution is 8.15. The molecule has 0 aromatic heterocycles. The van der Waals surface area contributed by atoms with Crippen LogP contribution in [0.2, 0.25) is 0 Å². The van der Waals surface area contributed by atoms with Gasteiger partial charge in [0.25, 0.3) is 0 Å². The number of aliphatic imine (C=N–C) groups is 1. The van der Waals surface area contributed by atoms with Crippen molar-refractivity contribution in [1.29, 1.82) is 0 Å². The highest BCUT2D eigenvalue weighted by atomic mass is 32.2. The average Bonchev–Trinajstić information content (AvgIpc) is 2.03. The fourth-order valence-electron chi connectivity index (χ4n) is 0.256. The maximum atomic E-state index is 3.86. The summed E-state index contributed by atoms with van der Waals surface area (Å²) in [4.78, 5) is 5.00. The molecule has 0 aliphatic carbocycles. The fraction of sp³-hybridized carbons (Fsp3) is 0.667. The lowest BCUT2D eigenvalue weighted by atomic mass is 10.2. The van der Waals surface area contributed by atoms with Crippen molar-refractivity contribution in [3.05, 3.63) is 11.5 Å². The van der Waals surface area contributed by atoms with Crippen LogP contribution in [0.3, 0.4) is 0 Å². The zero-order valence-corrected chi connectivity index (χ0v) is 9.03. The third-order valence-corrected chi connectivity index (χ3v) is 2.04. The third kappa shape index (κ3) is 9.76. The van der Waals surface area contributed by atoms with Gasteiger partial charge in [-0.2, -0.15) is 0 Å². The first-order valence-electron chi connectivity index (χ1n) is 3.94. The molecular formula is C9H19NS. The first-order valence-corrected chi connectivity index (χ1v) is 4.82. The lowest BCUT2D eigenvalue weighted by Gasteiger charge is -2.02. The SMILES string of the molecule is C=C(SC=NC)C(C)C.CC. The molecule has 2 heteroatoms. The maximum Gasteiger partial charge on any atom is 0.0582 e. The van der Waals surface area contributed by atoms with E-state index >= 15 is 0 Å². The molecule has 0 aromatic carbocycles. The molecule has 1 nitrogen and oxygen atoms in total. The van der Waals surface area contributed by atoms with Gasteiger partial charge in [0.15, 0.2) is 0 Å². The minimum Gasteiger partial charge on any atom is -0.289 e. The van der Waals surface area contributed by atoms with Crippen molar-refractivity contribution < 1.29 is 0 Å². The van der Waals surface area contributed by atoms with Crippen LogP contribution in [0.5, 0.6) is 0 Å². The van der Waals surface area contributed by atoms with Gasteiger partial charge in [-0.3, -0.25) is 4.99 Å². The second kappa shape index (κ2) is 9.76. The lowest BCUT2D eigenvalue weighted by molar-refractivity contribution is 0.821. The number of thioether (sulfide) groups is 1. The first kappa shape index (κ1) is 13.4. The van der Waals surface area contributed by atoms with E-state index in [2.05, 4.69) is 25.4 Å². The van der Waals surface area contributed by atoms with Gasteiger partial charge >= 0.3 is 0 Å². The second-order valence-electron chi connectivity index (χ2n) is 2.10. The Labute approximate surface area is 75.0 Å². The maximum absolute atomic E-state index is 3.86. The minimum atomic E-state index is 0.549. The van der Waals surface area contributed by atoms with Gasteiger partial charge < -0.3 is 0 Å². The molecule has 0 atom stereocenters. The van der Waals surface area contributed by atoms with E-state index in [1.54, 1.807) is 18.8 Å². The first-order chi connectivity index (χ1) is 5.18. The second-order valence-corrected chi connectivity index (χ2v) is 3.07. The van der Waals surface area contributed by atoms with Gasteiger partial charge in [0, 0.05) is 7.05 Å². The standard InChI is InChI=1S/C7H13NS.C2H6/c1-6(2)7(3)9-5-8-4;1-2/h5-6H,3H2,1-2,4H3;1-2H3. The van der Waals surface area contributed by atoms with E-state index in [9.17, 15) is 0 Å². The molecule has 66 valence electrons. The molecule has 0 saturated carbocycles. The lowest BCUT2D eigenvalue weighted by Crippen LogP contribution is -1.85. The van der Waals surface area contributed by atoms with Gasteiger partial charge in [-0.05, 0) is 10.8 Å². The molecule has 0 spiro atoms. The number of hydrogen-bond donors (Lipinski definition) is 0. The molecule has 0 N–H and O–H groups in total. The summed E-state index contributed by atoms with van der Waals surface area (Å²) < 4.78 is 0. The fourth-order valence-corrected chi connectivity index (χ4v) is 0.769. The number of hydrogen-bond acceptors (Lipinski definition) is 2. The van der Waals surface area contributed by atoms with E-state index < -0.39 is 0 Å². The van der Waals surface area contributed by atoms with Crippen LogP contribution in [0.4, 0.5) is 0 Å². The molecule has 0 radical (unpaired) electrons. The van der Waals surface area contributed by atoms with E-state index in [4.69, 9.17) is 0 Å². The third-order valence-electron chi connectivity index (χ3n) is 0.953. The predicted octanol–water partition coefficient (Wildman–Crippen LogP) is 3.57. The van der Waals surface area contributed by atoms with E-state index in [0.29, 0.717) is 5.92 Å². The van der Waals surface area contributed by atoms with Crippen LogP contribution in [-0.2, 0) is 0 Å². The Morgan fingerprint density at radius 3 is 2.18 bits per heavy atom. The van der Waals surface area contributed by atoms with Gasteiger partial charge in [-0.15, -0.1) is 0 Å². The van der Waals surface area contributed by atoms with Crippen molar-refractivity contribution in [2.24, 2.45) is 10.9 Å². The Bertz CT molecular complexity index is 117. The van der Waals surface area contributed by atoms with E-state index in [0.717, 1.165) is 0 Å². The van der Waals surface area contributed by atoms with Gasteiger partial charge in [0.1, 0.15) is 0 Å². The molecule has 0 heterocycles. The molecule has 0 aromatic rings.